The van der Waals surface area contributed by atoms with E-state index in [0.717, 1.165) is 6.54 Å². The summed E-state index contributed by atoms with van der Waals surface area (Å²) in [5, 5.41) is 2.29. The summed E-state index contributed by atoms with van der Waals surface area (Å²) in [5.74, 6) is 0. The van der Waals surface area contributed by atoms with E-state index in [9.17, 15) is 0 Å². The number of nitrogens with zero attached hydrogens (tertiary/aromatic N) is 1. The molecule has 0 saturated carbocycles. The number of hydrazine groups is 3. The quantitative estimate of drug-likeness (QED) is 0.325. The first kappa shape index (κ1) is 10.6. The van der Waals surface area contributed by atoms with Crippen molar-refractivity contribution in [2.75, 3.05) is 20.6 Å². The third-order valence-corrected chi connectivity index (χ3v) is 1.25. The van der Waals surface area contributed by atoms with E-state index in [-0.39, 0.29) is 0 Å². The van der Waals surface area contributed by atoms with Crippen LogP contribution in [0, 0.1) is 0 Å². The average Bonchev–Trinajstić information content (AvgIpc) is 2.01. The Kier molecular flexibility index (Phi) is 6.05. The highest BCUT2D eigenvalue weighted by molar-refractivity contribution is 7.80. The third kappa shape index (κ3) is 4.91. The zero-order valence-corrected chi connectivity index (χ0v) is 7.88. The fraction of sp³-hybridized carbons (Fsp3) is 0.800. The Bertz CT molecular complexity index is 113. The van der Waals surface area contributed by atoms with Crippen molar-refractivity contribution >= 4 is 17.3 Å². The highest BCUT2D eigenvalue weighted by Gasteiger charge is 1.98. The summed E-state index contributed by atoms with van der Waals surface area (Å²) < 4.78 is 0. The van der Waals surface area contributed by atoms with Gasteiger partial charge in [-0.25, -0.2) is 10.9 Å². The number of thiocarbonyl (C=S) groups is 1. The molecule has 0 rings (SSSR count). The second-order valence-electron chi connectivity index (χ2n) is 1.78. The van der Waals surface area contributed by atoms with Gasteiger partial charge in [0, 0.05) is 20.6 Å². The van der Waals surface area contributed by atoms with E-state index in [1.807, 2.05) is 14.0 Å². The van der Waals surface area contributed by atoms with Crippen LogP contribution in [-0.2, 0) is 0 Å². The van der Waals surface area contributed by atoms with E-state index in [4.69, 9.17) is 12.2 Å². The van der Waals surface area contributed by atoms with Crippen molar-refractivity contribution in [1.29, 1.82) is 0 Å². The molecule has 0 aromatic heterocycles. The Balaban J connectivity index is 3.54. The molecule has 0 bridgehead atoms. The molecule has 0 atom stereocenters. The second-order valence-corrected chi connectivity index (χ2v) is 2.19. The number of rotatable bonds is 4. The van der Waals surface area contributed by atoms with E-state index in [1.165, 1.54) is 0 Å². The molecule has 6 heteroatoms. The van der Waals surface area contributed by atoms with Crippen LogP contribution in [0.2, 0.25) is 0 Å². The molecule has 0 spiro atoms. The molecular formula is C5H15N5S. The summed E-state index contributed by atoms with van der Waals surface area (Å²) in [4.78, 5) is 0. The zero-order valence-electron chi connectivity index (χ0n) is 7.06. The fourth-order valence-corrected chi connectivity index (χ4v) is 0.769. The van der Waals surface area contributed by atoms with Crippen LogP contribution in [0.1, 0.15) is 6.92 Å². The van der Waals surface area contributed by atoms with Gasteiger partial charge in [-0.1, -0.05) is 0 Å². The smallest absolute Gasteiger partial charge is 0.196 e. The summed E-state index contributed by atoms with van der Waals surface area (Å²) in [6, 6.07) is 0. The zero-order chi connectivity index (χ0) is 8.69. The van der Waals surface area contributed by atoms with Gasteiger partial charge >= 0.3 is 0 Å². The Morgan fingerprint density at radius 3 is 2.45 bits per heavy atom. The van der Waals surface area contributed by atoms with Crippen LogP contribution in [0.15, 0.2) is 0 Å². The maximum atomic E-state index is 4.90. The molecule has 0 saturated heterocycles. The van der Waals surface area contributed by atoms with E-state index in [2.05, 4.69) is 21.7 Å². The first-order chi connectivity index (χ1) is 5.24. The topological polar surface area (TPSA) is 51.4 Å². The lowest BCUT2D eigenvalue weighted by atomic mass is 10.8. The van der Waals surface area contributed by atoms with Crippen LogP contribution in [0.5, 0.6) is 0 Å². The van der Waals surface area contributed by atoms with Crippen LogP contribution in [-0.4, -0.2) is 30.9 Å². The van der Waals surface area contributed by atoms with Crippen LogP contribution < -0.4 is 21.7 Å². The van der Waals surface area contributed by atoms with Gasteiger partial charge in [-0.3, -0.25) is 10.9 Å². The Morgan fingerprint density at radius 2 is 2.09 bits per heavy atom. The lowest BCUT2D eigenvalue weighted by molar-refractivity contribution is 0.179. The SMILES string of the molecule is CCN(NC)NC(=S)NNC. The van der Waals surface area contributed by atoms with Gasteiger partial charge in [0.2, 0.25) is 0 Å². The van der Waals surface area contributed by atoms with Gasteiger partial charge in [-0.15, -0.1) is 0 Å². The third-order valence-electron chi connectivity index (χ3n) is 1.06. The highest BCUT2D eigenvalue weighted by atomic mass is 32.1. The first-order valence-electron chi connectivity index (χ1n) is 3.42. The Hall–Kier alpha value is -0.430. The lowest BCUT2D eigenvalue weighted by Gasteiger charge is -2.21. The Morgan fingerprint density at radius 1 is 1.45 bits per heavy atom. The molecule has 0 fully saturated rings. The molecule has 11 heavy (non-hydrogen) atoms. The van der Waals surface area contributed by atoms with Gasteiger partial charge in [0.15, 0.2) is 5.11 Å². The largest absolute Gasteiger partial charge is 0.297 e. The van der Waals surface area contributed by atoms with Gasteiger partial charge in [0.1, 0.15) is 0 Å². The van der Waals surface area contributed by atoms with Gasteiger partial charge in [0.05, 0.1) is 0 Å². The van der Waals surface area contributed by atoms with Crippen LogP contribution in [0.3, 0.4) is 0 Å². The van der Waals surface area contributed by atoms with E-state index < -0.39 is 0 Å². The van der Waals surface area contributed by atoms with E-state index in [1.54, 1.807) is 12.2 Å². The average molecular weight is 177 g/mol. The number of nitrogens with one attached hydrogen (secondary N) is 4. The van der Waals surface area contributed by atoms with Crippen molar-refractivity contribution in [3.63, 3.8) is 0 Å². The van der Waals surface area contributed by atoms with Gasteiger partial charge in [-0.2, -0.15) is 5.12 Å². The lowest BCUT2D eigenvalue weighted by Crippen LogP contribution is -2.54. The maximum absolute atomic E-state index is 4.90. The van der Waals surface area contributed by atoms with Crippen LogP contribution in [0.25, 0.3) is 0 Å². The molecule has 5 nitrogen and oxygen atoms in total. The standard InChI is InChI=1S/C5H15N5S/c1-4-10(7-3)9-5(11)8-6-2/h6-7H,4H2,1-3H3,(H2,8,9,11). The molecule has 0 heterocycles. The maximum Gasteiger partial charge on any atom is 0.196 e. The summed E-state index contributed by atoms with van der Waals surface area (Å²) in [6.07, 6.45) is 0. The molecule has 0 aromatic rings. The monoisotopic (exact) mass is 177 g/mol. The van der Waals surface area contributed by atoms with Crippen molar-refractivity contribution in [3.8, 4) is 0 Å². The van der Waals surface area contributed by atoms with Gasteiger partial charge in [-0.05, 0) is 19.1 Å². The predicted molar refractivity (Wildman–Crippen MR) is 49.4 cm³/mol. The van der Waals surface area contributed by atoms with Crippen LogP contribution in [0.4, 0.5) is 0 Å². The van der Waals surface area contributed by atoms with Crippen molar-refractivity contribution in [2.24, 2.45) is 0 Å². The summed E-state index contributed by atoms with van der Waals surface area (Å²) in [5.41, 5.74) is 11.3. The highest BCUT2D eigenvalue weighted by Crippen LogP contribution is 1.71. The molecule has 66 valence electrons. The van der Waals surface area contributed by atoms with Crippen LogP contribution >= 0.6 is 12.2 Å². The molecule has 0 unspecified atom stereocenters. The molecule has 0 aliphatic carbocycles. The molecule has 0 radical (unpaired) electrons. The summed E-state index contributed by atoms with van der Waals surface area (Å²) in [7, 11) is 3.57. The normalized spacial score (nSPS) is 9.82. The van der Waals surface area contributed by atoms with E-state index in [0.29, 0.717) is 5.11 Å². The molecule has 0 aliphatic heterocycles. The van der Waals surface area contributed by atoms with Crippen molar-refractivity contribution < 1.29 is 0 Å². The molecule has 0 aliphatic rings. The fourth-order valence-electron chi connectivity index (χ4n) is 0.557. The minimum atomic E-state index is 0.531. The van der Waals surface area contributed by atoms with Crippen molar-refractivity contribution in [2.45, 2.75) is 6.92 Å². The van der Waals surface area contributed by atoms with Crippen molar-refractivity contribution in [1.82, 2.24) is 26.8 Å². The minimum Gasteiger partial charge on any atom is -0.297 e. The summed E-state index contributed by atoms with van der Waals surface area (Å²) >= 11 is 4.90. The molecular weight excluding hydrogens is 162 g/mol. The Labute approximate surface area is 72.4 Å². The van der Waals surface area contributed by atoms with Gasteiger partial charge in [0.25, 0.3) is 0 Å². The molecule has 0 amide bonds. The predicted octanol–water partition coefficient (Wildman–Crippen LogP) is -1.04. The van der Waals surface area contributed by atoms with Crippen molar-refractivity contribution in [3.05, 3.63) is 0 Å². The second kappa shape index (κ2) is 6.29. The minimum absolute atomic E-state index is 0.531. The number of hydrogen-bond acceptors (Lipinski definition) is 4. The first-order valence-corrected chi connectivity index (χ1v) is 3.83. The molecule has 4 N–H and O–H groups in total. The van der Waals surface area contributed by atoms with Gasteiger partial charge < -0.3 is 0 Å². The number of hydrogen-bond donors (Lipinski definition) is 4. The molecule has 0 aromatic carbocycles. The van der Waals surface area contributed by atoms with E-state index >= 15 is 0 Å². The summed E-state index contributed by atoms with van der Waals surface area (Å²) in [6.45, 7) is 2.83.